The first-order valence-corrected chi connectivity index (χ1v) is 34.5. The third-order valence-electron chi connectivity index (χ3n) is 14.8. The average molecular weight is 1090 g/mol. The lowest BCUT2D eigenvalue weighted by atomic mass is 10.0. The lowest BCUT2D eigenvalue weighted by molar-refractivity contribution is -0.161. The fourth-order valence-electron chi connectivity index (χ4n) is 9.88. The molecule has 0 rings (SSSR count). The van der Waals surface area contributed by atoms with E-state index in [9.17, 15) is 19.0 Å². The third kappa shape index (κ3) is 61.4. The molecule has 0 saturated heterocycles. The number of carbonyl (C=O) groups is 2. The first kappa shape index (κ1) is 74.2. The van der Waals surface area contributed by atoms with Gasteiger partial charge in [-0.2, -0.15) is 0 Å². The minimum atomic E-state index is -4.39. The summed E-state index contributed by atoms with van der Waals surface area (Å²) in [7, 11) is -4.39. The second-order valence-corrected chi connectivity index (χ2v) is 23.8. The van der Waals surface area contributed by atoms with E-state index in [1.165, 1.54) is 257 Å². The van der Waals surface area contributed by atoms with E-state index in [0.29, 0.717) is 6.42 Å². The van der Waals surface area contributed by atoms with Crippen LogP contribution in [-0.2, 0) is 32.7 Å². The van der Waals surface area contributed by atoms with Gasteiger partial charge in [0, 0.05) is 19.4 Å². The summed E-state index contributed by atoms with van der Waals surface area (Å²) in [6.07, 6.45) is 76.5. The molecule has 448 valence electrons. The van der Waals surface area contributed by atoms with Gasteiger partial charge < -0.3 is 20.1 Å². The van der Waals surface area contributed by atoms with Crippen LogP contribution in [0, 0.1) is 0 Å². The molecule has 0 spiro atoms. The number of nitrogens with two attached hydrogens (primary N) is 1. The molecule has 0 aliphatic carbocycles. The van der Waals surface area contributed by atoms with Crippen LogP contribution < -0.4 is 5.73 Å². The quantitative estimate of drug-likeness (QED) is 0.0264. The molecule has 0 radical (unpaired) electrons. The summed E-state index contributed by atoms with van der Waals surface area (Å²) in [5.41, 5.74) is 5.40. The van der Waals surface area contributed by atoms with Crippen LogP contribution in [0.2, 0.25) is 0 Å². The maximum Gasteiger partial charge on any atom is 0.472 e. The van der Waals surface area contributed by atoms with Crippen molar-refractivity contribution >= 4 is 19.8 Å². The largest absolute Gasteiger partial charge is 0.472 e. The SMILES string of the molecule is CCCCCCC/C=C\C/C=C\C/C=C\CCCCCCCCCCCCCCC(=O)OC(COC(=O)CCCCCCCCCCCCCCCCCCCCCCCCCCCCCC)COP(=O)(O)OCCN. The number of allylic oxidation sites excluding steroid dienone is 6. The zero-order chi connectivity index (χ0) is 55.2. The smallest absolute Gasteiger partial charge is 0.462 e. The Labute approximate surface area is 471 Å². The third-order valence-corrected chi connectivity index (χ3v) is 15.8. The molecule has 10 heteroatoms. The van der Waals surface area contributed by atoms with Gasteiger partial charge in [-0.05, 0) is 51.4 Å². The van der Waals surface area contributed by atoms with E-state index < -0.39 is 26.5 Å². The van der Waals surface area contributed by atoms with Crippen molar-refractivity contribution in [3.63, 3.8) is 0 Å². The fourth-order valence-corrected chi connectivity index (χ4v) is 10.6. The molecular formula is C66H126NO8P. The number of esters is 2. The molecule has 0 aliphatic rings. The molecule has 0 fully saturated rings. The summed E-state index contributed by atoms with van der Waals surface area (Å²) in [5.74, 6) is -0.811. The molecule has 0 aromatic rings. The van der Waals surface area contributed by atoms with Crippen LogP contribution in [0.3, 0.4) is 0 Å². The van der Waals surface area contributed by atoms with Gasteiger partial charge in [0.05, 0.1) is 13.2 Å². The van der Waals surface area contributed by atoms with Crippen LogP contribution in [0.15, 0.2) is 36.5 Å². The Kier molecular flexibility index (Phi) is 61.0. The monoisotopic (exact) mass is 1090 g/mol. The second kappa shape index (κ2) is 62.4. The minimum absolute atomic E-state index is 0.0547. The van der Waals surface area contributed by atoms with Crippen molar-refractivity contribution in [2.75, 3.05) is 26.4 Å². The van der Waals surface area contributed by atoms with E-state index in [0.717, 1.165) is 51.4 Å². The maximum absolute atomic E-state index is 12.7. The van der Waals surface area contributed by atoms with Gasteiger partial charge in [0.2, 0.25) is 0 Å². The number of unbranched alkanes of at least 4 members (excludes halogenated alkanes) is 44. The molecular weight excluding hydrogens is 966 g/mol. The zero-order valence-corrected chi connectivity index (χ0v) is 51.2. The Bertz CT molecular complexity index is 1340. The summed E-state index contributed by atoms with van der Waals surface area (Å²) < 4.78 is 33.1. The summed E-state index contributed by atoms with van der Waals surface area (Å²) in [5, 5.41) is 0. The molecule has 9 nitrogen and oxygen atoms in total. The van der Waals surface area contributed by atoms with Crippen molar-refractivity contribution in [3.8, 4) is 0 Å². The van der Waals surface area contributed by atoms with Crippen molar-refractivity contribution in [2.24, 2.45) is 5.73 Å². The Morgan fingerprint density at radius 1 is 0.395 bits per heavy atom. The van der Waals surface area contributed by atoms with Gasteiger partial charge in [-0.25, -0.2) is 4.57 Å². The molecule has 76 heavy (non-hydrogen) atoms. The van der Waals surface area contributed by atoms with E-state index in [1.54, 1.807) is 0 Å². The summed E-state index contributed by atoms with van der Waals surface area (Å²) in [6.45, 7) is 3.80. The van der Waals surface area contributed by atoms with Crippen molar-refractivity contribution < 1.29 is 37.6 Å². The lowest BCUT2D eigenvalue weighted by Gasteiger charge is -2.19. The van der Waals surface area contributed by atoms with Crippen LogP contribution in [0.1, 0.15) is 341 Å². The summed E-state index contributed by atoms with van der Waals surface area (Å²) >= 11 is 0. The second-order valence-electron chi connectivity index (χ2n) is 22.3. The number of hydrogen-bond donors (Lipinski definition) is 2. The maximum atomic E-state index is 12.7. The van der Waals surface area contributed by atoms with Gasteiger partial charge in [0.15, 0.2) is 6.10 Å². The Balaban J connectivity index is 3.87. The van der Waals surface area contributed by atoms with Gasteiger partial charge >= 0.3 is 19.8 Å². The lowest BCUT2D eigenvalue weighted by Crippen LogP contribution is -2.29. The van der Waals surface area contributed by atoms with E-state index in [1.807, 2.05) is 0 Å². The Morgan fingerprint density at radius 3 is 1.01 bits per heavy atom. The van der Waals surface area contributed by atoms with Gasteiger partial charge in [-0.3, -0.25) is 18.6 Å². The highest BCUT2D eigenvalue weighted by atomic mass is 31.2. The highest BCUT2D eigenvalue weighted by molar-refractivity contribution is 7.47. The van der Waals surface area contributed by atoms with E-state index in [2.05, 4.69) is 50.3 Å². The van der Waals surface area contributed by atoms with Crippen LogP contribution >= 0.6 is 7.82 Å². The molecule has 0 aromatic heterocycles. The topological polar surface area (TPSA) is 134 Å². The number of rotatable bonds is 63. The first-order chi connectivity index (χ1) is 37.3. The van der Waals surface area contributed by atoms with Crippen molar-refractivity contribution in [2.45, 2.75) is 347 Å². The Morgan fingerprint density at radius 2 is 0.684 bits per heavy atom. The fraction of sp³-hybridized carbons (Fsp3) is 0.879. The first-order valence-electron chi connectivity index (χ1n) is 33.0. The number of hydrogen-bond acceptors (Lipinski definition) is 8. The van der Waals surface area contributed by atoms with Gasteiger partial charge in [0.1, 0.15) is 6.61 Å². The van der Waals surface area contributed by atoms with Crippen LogP contribution in [-0.4, -0.2) is 49.3 Å². The number of phosphoric ester groups is 1. The molecule has 0 heterocycles. The standard InChI is InChI=1S/C66H126NO8P/c1-3-5-7-9-11-13-15-17-19-21-23-25-27-29-31-33-34-36-38-40-42-44-46-48-50-52-54-56-58-65(68)72-62-64(63-74-76(70,71)73-61-60-67)75-66(69)59-57-55-53-51-49-47-45-43-41-39-37-35-32-30-28-26-24-22-20-18-16-14-12-10-8-6-4-2/h16,18,22,24,28,30,64H,3-15,17,19-21,23,25-27,29,31-63,67H2,1-2H3,(H,70,71)/b18-16-,24-22-,30-28-. The highest BCUT2D eigenvalue weighted by Gasteiger charge is 2.26. The molecule has 3 N–H and O–H groups in total. The number of phosphoric acid groups is 1. The van der Waals surface area contributed by atoms with Gasteiger partial charge in [0.25, 0.3) is 0 Å². The Hall–Kier alpha value is -1.77. The highest BCUT2D eigenvalue weighted by Crippen LogP contribution is 2.43. The zero-order valence-electron chi connectivity index (χ0n) is 50.3. The van der Waals surface area contributed by atoms with E-state index in [-0.39, 0.29) is 38.6 Å². The summed E-state index contributed by atoms with van der Waals surface area (Å²) in [6, 6.07) is 0. The van der Waals surface area contributed by atoms with Gasteiger partial charge in [-0.1, -0.05) is 314 Å². The predicted molar refractivity (Wildman–Crippen MR) is 326 cm³/mol. The molecule has 0 bridgehead atoms. The molecule has 0 aromatic carbocycles. The summed E-state index contributed by atoms with van der Waals surface area (Å²) in [4.78, 5) is 35.3. The van der Waals surface area contributed by atoms with Gasteiger partial charge in [-0.15, -0.1) is 0 Å². The van der Waals surface area contributed by atoms with E-state index >= 15 is 0 Å². The van der Waals surface area contributed by atoms with Crippen molar-refractivity contribution in [1.82, 2.24) is 0 Å². The molecule has 2 unspecified atom stereocenters. The van der Waals surface area contributed by atoms with Crippen LogP contribution in [0.4, 0.5) is 0 Å². The van der Waals surface area contributed by atoms with Crippen molar-refractivity contribution in [1.29, 1.82) is 0 Å². The predicted octanol–water partition coefficient (Wildman–Crippen LogP) is 21.1. The van der Waals surface area contributed by atoms with Crippen LogP contribution in [0.5, 0.6) is 0 Å². The molecule has 0 amide bonds. The minimum Gasteiger partial charge on any atom is -0.462 e. The normalized spacial score (nSPS) is 13.2. The number of carbonyl (C=O) groups excluding carboxylic acids is 2. The average Bonchev–Trinajstić information content (AvgIpc) is 3.41. The molecule has 0 saturated carbocycles. The van der Waals surface area contributed by atoms with Crippen molar-refractivity contribution in [3.05, 3.63) is 36.5 Å². The van der Waals surface area contributed by atoms with E-state index in [4.69, 9.17) is 24.3 Å². The molecule has 2 atom stereocenters. The molecule has 0 aliphatic heterocycles. The van der Waals surface area contributed by atoms with Crippen LogP contribution in [0.25, 0.3) is 0 Å². The number of ether oxygens (including phenoxy) is 2.